The van der Waals surface area contributed by atoms with Crippen LogP contribution in [0.5, 0.6) is 0 Å². The van der Waals surface area contributed by atoms with Gasteiger partial charge >= 0.3 is 5.97 Å². The van der Waals surface area contributed by atoms with Gasteiger partial charge in [-0.05, 0) is 48.2 Å². The summed E-state index contributed by atoms with van der Waals surface area (Å²) in [4.78, 5) is 42.4. The Morgan fingerprint density at radius 1 is 1.06 bits per heavy atom. The number of fused-ring (bicyclic) bond motifs is 1. The summed E-state index contributed by atoms with van der Waals surface area (Å²) in [7, 11) is 0. The highest BCUT2D eigenvalue weighted by Gasteiger charge is 2.27. The van der Waals surface area contributed by atoms with Crippen LogP contribution in [-0.2, 0) is 16.1 Å². The maximum atomic E-state index is 12.5. The zero-order chi connectivity index (χ0) is 21.8. The van der Waals surface area contributed by atoms with Gasteiger partial charge in [0.2, 0.25) is 5.78 Å². The Morgan fingerprint density at radius 2 is 1.77 bits per heavy atom. The topological polar surface area (TPSA) is 72.8 Å². The molecule has 160 valence electrons. The molecule has 31 heavy (non-hydrogen) atoms. The number of ketones is 2. The van der Waals surface area contributed by atoms with Crippen LogP contribution >= 0.6 is 11.8 Å². The molecule has 0 amide bonds. The summed E-state index contributed by atoms with van der Waals surface area (Å²) in [6.45, 7) is 1.25. The highest BCUT2D eigenvalue weighted by Crippen LogP contribution is 2.32. The van der Waals surface area contributed by atoms with Gasteiger partial charge < -0.3 is 4.84 Å². The number of benzene rings is 2. The Hall–Kier alpha value is -2.73. The van der Waals surface area contributed by atoms with Crippen LogP contribution in [-0.4, -0.2) is 23.2 Å². The Kier molecular flexibility index (Phi) is 6.66. The number of rotatable bonds is 7. The average molecular weight is 436 g/mol. The predicted molar refractivity (Wildman–Crippen MR) is 120 cm³/mol. The van der Waals surface area contributed by atoms with E-state index in [9.17, 15) is 14.4 Å². The quantitative estimate of drug-likeness (QED) is 0.319. The molecule has 0 aliphatic heterocycles. The van der Waals surface area contributed by atoms with E-state index >= 15 is 0 Å². The first-order valence-corrected chi connectivity index (χ1v) is 11.5. The van der Waals surface area contributed by atoms with Crippen molar-refractivity contribution in [2.45, 2.75) is 61.7 Å². The van der Waals surface area contributed by atoms with E-state index in [1.165, 1.54) is 32.6 Å². The first-order valence-electron chi connectivity index (χ1n) is 10.7. The number of carbonyl (C=O) groups excluding carboxylic acids is 3. The van der Waals surface area contributed by atoms with Gasteiger partial charge in [0, 0.05) is 40.7 Å². The first kappa shape index (κ1) is 21.5. The lowest BCUT2D eigenvalue weighted by Gasteiger charge is -2.08. The standard InChI is InChI=1S/C25H25NO4S/c1-16(27)30-26-23-15-19-14-21(11-12-22(19)25(23)29)31-20-9-7-18(8-10-20)24(28)13-6-17-4-2-3-5-17/h7-12,14,17H,2-6,13,15H2,1H3. The highest BCUT2D eigenvalue weighted by molar-refractivity contribution is 7.99. The molecule has 2 aliphatic carbocycles. The molecule has 0 heterocycles. The van der Waals surface area contributed by atoms with Gasteiger partial charge in [-0.25, -0.2) is 4.79 Å². The summed E-state index contributed by atoms with van der Waals surface area (Å²) in [5.41, 5.74) is 2.49. The average Bonchev–Trinajstić information content (AvgIpc) is 3.39. The number of nitrogens with zero attached hydrogens (tertiary/aromatic N) is 1. The maximum absolute atomic E-state index is 12.5. The number of carbonyl (C=O) groups is 3. The Bertz CT molecular complexity index is 1040. The van der Waals surface area contributed by atoms with Crippen molar-refractivity contribution < 1.29 is 19.2 Å². The van der Waals surface area contributed by atoms with Crippen molar-refractivity contribution in [2.75, 3.05) is 0 Å². The third-order valence-corrected chi connectivity index (χ3v) is 6.89. The summed E-state index contributed by atoms with van der Waals surface area (Å²) in [6.07, 6.45) is 7.14. The van der Waals surface area contributed by atoms with Crippen molar-refractivity contribution in [2.24, 2.45) is 11.1 Å². The molecule has 6 heteroatoms. The van der Waals surface area contributed by atoms with Crippen molar-refractivity contribution in [1.29, 1.82) is 0 Å². The number of hydrogen-bond donors (Lipinski definition) is 0. The van der Waals surface area contributed by atoms with Crippen LogP contribution in [0.25, 0.3) is 0 Å². The number of oxime groups is 1. The van der Waals surface area contributed by atoms with E-state index in [1.54, 1.807) is 17.8 Å². The molecule has 0 unspecified atom stereocenters. The Balaban J connectivity index is 1.37. The van der Waals surface area contributed by atoms with Gasteiger partial charge in [0.25, 0.3) is 0 Å². The van der Waals surface area contributed by atoms with E-state index in [2.05, 4.69) is 9.99 Å². The largest absolute Gasteiger partial charge is 0.331 e. The molecule has 2 aromatic carbocycles. The minimum Gasteiger partial charge on any atom is -0.318 e. The maximum Gasteiger partial charge on any atom is 0.331 e. The fourth-order valence-corrected chi connectivity index (χ4v) is 5.12. The lowest BCUT2D eigenvalue weighted by molar-refractivity contribution is -0.140. The molecule has 5 nitrogen and oxygen atoms in total. The van der Waals surface area contributed by atoms with E-state index in [0.717, 1.165) is 33.3 Å². The molecule has 0 bridgehead atoms. The summed E-state index contributed by atoms with van der Waals surface area (Å²) in [5, 5.41) is 3.68. The summed E-state index contributed by atoms with van der Waals surface area (Å²) in [5.74, 6) is 0.199. The molecule has 0 spiro atoms. The minimum atomic E-state index is -0.548. The van der Waals surface area contributed by atoms with Gasteiger partial charge in [-0.15, -0.1) is 0 Å². The van der Waals surface area contributed by atoms with Crippen LogP contribution in [0.4, 0.5) is 0 Å². The van der Waals surface area contributed by atoms with E-state index < -0.39 is 5.97 Å². The van der Waals surface area contributed by atoms with Crippen molar-refractivity contribution in [3.63, 3.8) is 0 Å². The molecule has 4 rings (SSSR count). The van der Waals surface area contributed by atoms with E-state index in [-0.39, 0.29) is 17.3 Å². The van der Waals surface area contributed by atoms with Gasteiger partial charge in [-0.1, -0.05) is 54.7 Å². The van der Waals surface area contributed by atoms with Crippen molar-refractivity contribution in [3.8, 4) is 0 Å². The van der Waals surface area contributed by atoms with Crippen molar-refractivity contribution in [3.05, 3.63) is 59.2 Å². The monoisotopic (exact) mass is 435 g/mol. The van der Waals surface area contributed by atoms with Crippen molar-refractivity contribution >= 4 is 35.0 Å². The molecule has 0 atom stereocenters. The van der Waals surface area contributed by atoms with Crippen LogP contribution in [0.1, 0.15) is 71.7 Å². The molecule has 0 saturated heterocycles. The molecule has 0 aromatic heterocycles. The SMILES string of the molecule is CC(=O)ON=C1Cc2cc(Sc3ccc(C(=O)CCC4CCCC4)cc3)ccc2C1=O. The van der Waals surface area contributed by atoms with E-state index in [1.807, 2.05) is 36.4 Å². The molecule has 0 N–H and O–H groups in total. The summed E-state index contributed by atoms with van der Waals surface area (Å²) >= 11 is 1.58. The third-order valence-electron chi connectivity index (χ3n) is 5.89. The minimum absolute atomic E-state index is 0.201. The van der Waals surface area contributed by atoms with Crippen LogP contribution in [0.3, 0.4) is 0 Å². The van der Waals surface area contributed by atoms with Gasteiger partial charge in [0.1, 0.15) is 5.71 Å². The highest BCUT2D eigenvalue weighted by atomic mass is 32.2. The van der Waals surface area contributed by atoms with Crippen LogP contribution in [0.15, 0.2) is 57.4 Å². The number of Topliss-reactive ketones (excluding diaryl/α,β-unsaturated/α-hetero) is 2. The molecule has 2 aliphatic rings. The third kappa shape index (κ3) is 5.31. The van der Waals surface area contributed by atoms with Crippen molar-refractivity contribution in [1.82, 2.24) is 0 Å². The fraction of sp³-hybridized carbons (Fsp3) is 0.360. The molecule has 1 fully saturated rings. The second kappa shape index (κ2) is 9.60. The second-order valence-corrected chi connectivity index (χ2v) is 9.33. The zero-order valence-corrected chi connectivity index (χ0v) is 18.4. The fourth-order valence-electron chi connectivity index (χ4n) is 4.23. The van der Waals surface area contributed by atoms with Gasteiger partial charge in [-0.3, -0.25) is 9.59 Å². The van der Waals surface area contributed by atoms with Gasteiger partial charge in [0.15, 0.2) is 5.78 Å². The summed E-state index contributed by atoms with van der Waals surface area (Å²) in [6, 6.07) is 13.4. The lowest BCUT2D eigenvalue weighted by Crippen LogP contribution is -2.09. The van der Waals surface area contributed by atoms with Gasteiger partial charge in [-0.2, -0.15) is 0 Å². The molecular formula is C25H25NO4S. The van der Waals surface area contributed by atoms with Gasteiger partial charge in [0.05, 0.1) is 0 Å². The lowest BCUT2D eigenvalue weighted by atomic mass is 9.97. The normalized spacial score (nSPS) is 17.2. The van der Waals surface area contributed by atoms with E-state index in [0.29, 0.717) is 18.4 Å². The molecule has 0 radical (unpaired) electrons. The Morgan fingerprint density at radius 3 is 2.48 bits per heavy atom. The van der Waals surface area contributed by atoms with E-state index in [4.69, 9.17) is 0 Å². The summed E-state index contributed by atoms with van der Waals surface area (Å²) < 4.78 is 0. The predicted octanol–water partition coefficient (Wildman–Crippen LogP) is 5.65. The van der Waals surface area contributed by atoms with Crippen LogP contribution < -0.4 is 0 Å². The second-order valence-electron chi connectivity index (χ2n) is 8.18. The number of hydrogen-bond acceptors (Lipinski definition) is 6. The molecule has 1 saturated carbocycles. The first-order chi connectivity index (χ1) is 15.0. The van der Waals surface area contributed by atoms with Crippen LogP contribution in [0.2, 0.25) is 0 Å². The Labute approximate surface area is 186 Å². The molecule has 2 aromatic rings. The smallest absolute Gasteiger partial charge is 0.318 e. The van der Waals surface area contributed by atoms with Crippen LogP contribution in [0, 0.1) is 5.92 Å². The molecular weight excluding hydrogens is 410 g/mol. The zero-order valence-electron chi connectivity index (χ0n) is 17.6.